The molecule has 0 spiro atoms. The normalized spacial score (nSPS) is 20.3. The monoisotopic (exact) mass is 382 g/mol. The zero-order valence-corrected chi connectivity index (χ0v) is 17.3. The van der Waals surface area contributed by atoms with E-state index in [0.29, 0.717) is 6.54 Å². The first-order valence-electron chi connectivity index (χ1n) is 10.3. The zero-order valence-electron chi connectivity index (χ0n) is 17.3. The van der Waals surface area contributed by atoms with E-state index in [1.165, 1.54) is 11.1 Å². The van der Waals surface area contributed by atoms with Crippen LogP contribution in [0.2, 0.25) is 0 Å². The SMILES string of the molecule is Cc1nn(C[C@H](C)C(=O)N2CCC[C@@H]2c2ncc3c(n2)CCNC3)c(C)c1C. The number of nitrogens with one attached hydrogen (secondary N) is 1. The van der Waals surface area contributed by atoms with Crippen molar-refractivity contribution in [3.05, 3.63) is 40.2 Å². The highest BCUT2D eigenvalue weighted by Crippen LogP contribution is 2.32. The van der Waals surface area contributed by atoms with Crippen LogP contribution in [0.15, 0.2) is 6.20 Å². The molecule has 1 saturated heterocycles. The van der Waals surface area contributed by atoms with Crippen LogP contribution in [0.25, 0.3) is 0 Å². The number of carbonyl (C=O) groups is 1. The third-order valence-electron chi connectivity index (χ3n) is 6.27. The third kappa shape index (κ3) is 3.43. The molecule has 1 amide bonds. The summed E-state index contributed by atoms with van der Waals surface area (Å²) in [6, 6.07) is -0.00248. The summed E-state index contributed by atoms with van der Waals surface area (Å²) < 4.78 is 1.97. The summed E-state index contributed by atoms with van der Waals surface area (Å²) >= 11 is 0. The number of carbonyl (C=O) groups excluding carboxylic acids is 1. The third-order valence-corrected chi connectivity index (χ3v) is 6.27. The molecule has 28 heavy (non-hydrogen) atoms. The average molecular weight is 383 g/mol. The van der Waals surface area contributed by atoms with Crippen LogP contribution in [0.3, 0.4) is 0 Å². The van der Waals surface area contributed by atoms with E-state index < -0.39 is 0 Å². The van der Waals surface area contributed by atoms with E-state index in [-0.39, 0.29) is 17.9 Å². The molecule has 0 saturated carbocycles. The Kier molecular flexibility index (Phi) is 5.19. The lowest BCUT2D eigenvalue weighted by molar-refractivity contribution is -0.136. The van der Waals surface area contributed by atoms with Crippen molar-refractivity contribution in [3.8, 4) is 0 Å². The van der Waals surface area contributed by atoms with Crippen LogP contribution in [-0.4, -0.2) is 43.6 Å². The number of rotatable bonds is 4. The van der Waals surface area contributed by atoms with Gasteiger partial charge in [-0.05, 0) is 39.2 Å². The highest BCUT2D eigenvalue weighted by atomic mass is 16.2. The quantitative estimate of drug-likeness (QED) is 0.878. The van der Waals surface area contributed by atoms with Gasteiger partial charge in [0.05, 0.1) is 24.2 Å². The number of aromatic nitrogens is 4. The van der Waals surface area contributed by atoms with Crippen LogP contribution < -0.4 is 5.32 Å². The number of aryl methyl sites for hydroxylation is 1. The molecule has 4 rings (SSSR count). The largest absolute Gasteiger partial charge is 0.332 e. The van der Waals surface area contributed by atoms with Crippen LogP contribution in [0, 0.1) is 26.7 Å². The summed E-state index contributed by atoms with van der Waals surface area (Å²) in [6.07, 6.45) is 4.81. The van der Waals surface area contributed by atoms with Gasteiger partial charge in [0, 0.05) is 49.2 Å². The standard InChI is InChI=1S/C21H30N6O/c1-13(12-27-16(4)14(2)15(3)25-27)21(28)26-9-5-6-19(26)20-23-11-17-10-22-8-7-18(17)24-20/h11,13,19,22H,5-10,12H2,1-4H3/t13-,19+/m0/s1. The topological polar surface area (TPSA) is 75.9 Å². The lowest BCUT2D eigenvalue weighted by atomic mass is 10.1. The molecule has 0 unspecified atom stereocenters. The molecule has 1 fully saturated rings. The van der Waals surface area contributed by atoms with Gasteiger partial charge in [0.2, 0.25) is 5.91 Å². The maximum absolute atomic E-state index is 13.2. The molecule has 1 N–H and O–H groups in total. The van der Waals surface area contributed by atoms with E-state index in [1.807, 2.05) is 29.6 Å². The summed E-state index contributed by atoms with van der Waals surface area (Å²) in [5.74, 6) is 0.858. The smallest absolute Gasteiger partial charge is 0.227 e. The van der Waals surface area contributed by atoms with Gasteiger partial charge in [0.25, 0.3) is 0 Å². The first-order valence-corrected chi connectivity index (χ1v) is 10.3. The Bertz CT molecular complexity index is 889. The molecule has 2 atom stereocenters. The van der Waals surface area contributed by atoms with E-state index in [0.717, 1.165) is 61.8 Å². The van der Waals surface area contributed by atoms with Crippen molar-refractivity contribution in [2.24, 2.45) is 5.92 Å². The van der Waals surface area contributed by atoms with Crippen LogP contribution in [-0.2, 0) is 24.3 Å². The molecule has 4 heterocycles. The minimum absolute atomic E-state index is 0.00248. The Labute approximate surface area is 166 Å². The number of amides is 1. The van der Waals surface area contributed by atoms with Gasteiger partial charge in [-0.2, -0.15) is 5.10 Å². The first-order chi connectivity index (χ1) is 13.5. The Morgan fingerprint density at radius 3 is 2.93 bits per heavy atom. The lowest BCUT2D eigenvalue weighted by Gasteiger charge is -2.27. The summed E-state index contributed by atoms with van der Waals surface area (Å²) in [7, 11) is 0. The van der Waals surface area contributed by atoms with Gasteiger partial charge >= 0.3 is 0 Å². The molecular weight excluding hydrogens is 352 g/mol. The molecule has 2 aliphatic rings. The van der Waals surface area contributed by atoms with E-state index in [9.17, 15) is 4.79 Å². The molecule has 0 radical (unpaired) electrons. The number of hydrogen-bond donors (Lipinski definition) is 1. The Hall–Kier alpha value is -2.28. The number of likely N-dealkylation sites (tertiary alicyclic amines) is 1. The molecule has 2 aromatic rings. The summed E-state index contributed by atoms with van der Waals surface area (Å²) in [4.78, 5) is 24.7. The van der Waals surface area contributed by atoms with E-state index in [2.05, 4.69) is 29.2 Å². The second-order valence-electron chi connectivity index (χ2n) is 8.20. The second-order valence-corrected chi connectivity index (χ2v) is 8.20. The van der Waals surface area contributed by atoms with Crippen LogP contribution >= 0.6 is 0 Å². The van der Waals surface area contributed by atoms with Crippen molar-refractivity contribution in [3.63, 3.8) is 0 Å². The Balaban J connectivity index is 1.51. The Morgan fingerprint density at radius 2 is 2.18 bits per heavy atom. The highest BCUT2D eigenvalue weighted by Gasteiger charge is 2.34. The van der Waals surface area contributed by atoms with Crippen molar-refractivity contribution in [1.82, 2.24) is 30.0 Å². The van der Waals surface area contributed by atoms with Crippen molar-refractivity contribution < 1.29 is 4.79 Å². The van der Waals surface area contributed by atoms with Gasteiger partial charge in [-0.25, -0.2) is 9.97 Å². The van der Waals surface area contributed by atoms with Gasteiger partial charge in [-0.1, -0.05) is 6.92 Å². The maximum atomic E-state index is 13.2. The molecule has 7 heteroatoms. The van der Waals surface area contributed by atoms with Gasteiger partial charge in [-0.3, -0.25) is 9.48 Å². The molecular formula is C21H30N6O. The van der Waals surface area contributed by atoms with E-state index in [1.54, 1.807) is 0 Å². The van der Waals surface area contributed by atoms with E-state index in [4.69, 9.17) is 4.98 Å². The average Bonchev–Trinajstić information content (AvgIpc) is 3.28. The zero-order chi connectivity index (χ0) is 19.8. The number of nitrogens with zero attached hydrogens (tertiary/aromatic N) is 5. The van der Waals surface area contributed by atoms with Gasteiger partial charge < -0.3 is 10.2 Å². The predicted octanol–water partition coefficient (Wildman–Crippen LogP) is 2.24. The number of fused-ring (bicyclic) bond motifs is 1. The maximum Gasteiger partial charge on any atom is 0.227 e. The summed E-state index contributed by atoms with van der Waals surface area (Å²) in [5, 5.41) is 7.95. The Morgan fingerprint density at radius 1 is 1.36 bits per heavy atom. The summed E-state index contributed by atoms with van der Waals surface area (Å²) in [6.45, 7) is 11.4. The van der Waals surface area contributed by atoms with Crippen molar-refractivity contribution >= 4 is 5.91 Å². The molecule has 0 aliphatic carbocycles. The van der Waals surface area contributed by atoms with Crippen LogP contribution in [0.5, 0.6) is 0 Å². The van der Waals surface area contributed by atoms with Crippen LogP contribution in [0.1, 0.15) is 59.8 Å². The van der Waals surface area contributed by atoms with E-state index >= 15 is 0 Å². The molecule has 0 bridgehead atoms. The molecule has 7 nitrogen and oxygen atoms in total. The minimum atomic E-state index is -0.125. The van der Waals surface area contributed by atoms with Gasteiger partial charge in [0.1, 0.15) is 0 Å². The predicted molar refractivity (Wildman–Crippen MR) is 107 cm³/mol. The molecule has 2 aromatic heterocycles. The fourth-order valence-electron chi connectivity index (χ4n) is 4.30. The lowest BCUT2D eigenvalue weighted by Crippen LogP contribution is -2.37. The number of hydrogen-bond acceptors (Lipinski definition) is 5. The van der Waals surface area contributed by atoms with Crippen molar-refractivity contribution in [2.75, 3.05) is 13.1 Å². The van der Waals surface area contributed by atoms with Crippen molar-refractivity contribution in [2.45, 2.75) is 66.1 Å². The molecule has 0 aromatic carbocycles. The minimum Gasteiger partial charge on any atom is -0.332 e. The highest BCUT2D eigenvalue weighted by molar-refractivity contribution is 5.79. The molecule has 2 aliphatic heterocycles. The van der Waals surface area contributed by atoms with Crippen molar-refractivity contribution in [1.29, 1.82) is 0 Å². The van der Waals surface area contributed by atoms with Gasteiger partial charge in [-0.15, -0.1) is 0 Å². The van der Waals surface area contributed by atoms with Crippen LogP contribution in [0.4, 0.5) is 0 Å². The fourth-order valence-corrected chi connectivity index (χ4v) is 4.30. The first kappa shape index (κ1) is 19.1. The second kappa shape index (κ2) is 7.62. The molecule has 150 valence electrons. The van der Waals surface area contributed by atoms with Gasteiger partial charge in [0.15, 0.2) is 5.82 Å². The summed E-state index contributed by atoms with van der Waals surface area (Å²) in [5.41, 5.74) is 5.69. The fraction of sp³-hybridized carbons (Fsp3) is 0.619.